The second-order valence-electron chi connectivity index (χ2n) is 4.78. The Morgan fingerprint density at radius 2 is 1.65 bits per heavy atom. The van der Waals surface area contributed by atoms with Crippen LogP contribution in [0.4, 0.5) is 14.9 Å². The molecule has 102 valence electrons. The van der Waals surface area contributed by atoms with Crippen molar-refractivity contribution >= 4 is 11.8 Å². The summed E-state index contributed by atoms with van der Waals surface area (Å²) in [4.78, 5) is 13.5. The molecule has 1 unspecified atom stereocenters. The quantitative estimate of drug-likeness (QED) is 0.855. The van der Waals surface area contributed by atoms with E-state index in [1.54, 1.807) is 24.3 Å². The number of hydrogen-bond donors (Lipinski definition) is 0. The van der Waals surface area contributed by atoms with Gasteiger partial charge in [0.05, 0.1) is 6.54 Å². The van der Waals surface area contributed by atoms with Crippen molar-refractivity contribution in [2.24, 2.45) is 0 Å². The summed E-state index contributed by atoms with van der Waals surface area (Å²) in [7, 11) is 0. The van der Waals surface area contributed by atoms with Crippen LogP contribution in [-0.2, 0) is 10.3 Å². The third-order valence-corrected chi connectivity index (χ3v) is 3.50. The molecule has 0 radical (unpaired) electrons. The van der Waals surface area contributed by atoms with Gasteiger partial charge in [-0.15, -0.1) is 0 Å². The Balaban J connectivity index is 1.96. The highest BCUT2D eigenvalue weighted by Crippen LogP contribution is 2.36. The predicted molar refractivity (Wildman–Crippen MR) is 74.4 cm³/mol. The Kier molecular flexibility index (Phi) is 3.14. The number of halogens is 1. The molecular formula is C16H14FNO2. The topological polar surface area (TPSA) is 29.5 Å². The van der Waals surface area contributed by atoms with Crippen LogP contribution in [-0.4, -0.2) is 19.3 Å². The minimum atomic E-state index is -1.21. The van der Waals surface area contributed by atoms with E-state index in [2.05, 4.69) is 0 Å². The summed E-state index contributed by atoms with van der Waals surface area (Å²) >= 11 is 0. The lowest BCUT2D eigenvalue weighted by atomic mass is 9.95. The zero-order valence-electron chi connectivity index (χ0n) is 10.8. The number of anilines is 1. The smallest absolute Gasteiger partial charge is 0.415 e. The highest BCUT2D eigenvalue weighted by molar-refractivity contribution is 5.90. The van der Waals surface area contributed by atoms with Gasteiger partial charge in [0.1, 0.15) is 6.67 Å². The molecule has 20 heavy (non-hydrogen) atoms. The number of amides is 1. The van der Waals surface area contributed by atoms with Gasteiger partial charge in [0.25, 0.3) is 0 Å². The summed E-state index contributed by atoms with van der Waals surface area (Å²) in [6.45, 7) is -0.567. The van der Waals surface area contributed by atoms with Crippen molar-refractivity contribution in [3.8, 4) is 0 Å². The fraction of sp³-hybridized carbons (Fsp3) is 0.188. The first-order chi connectivity index (χ1) is 9.75. The number of carbonyl (C=O) groups is 1. The number of alkyl halides is 1. The molecular weight excluding hydrogens is 257 g/mol. The summed E-state index contributed by atoms with van der Waals surface area (Å²) in [5.41, 5.74) is 0.173. The van der Waals surface area contributed by atoms with Crippen molar-refractivity contribution < 1.29 is 13.9 Å². The lowest BCUT2D eigenvalue weighted by Crippen LogP contribution is -2.34. The maximum absolute atomic E-state index is 13.6. The summed E-state index contributed by atoms with van der Waals surface area (Å²) in [5.74, 6) is 0. The molecule has 1 saturated heterocycles. The van der Waals surface area contributed by atoms with Gasteiger partial charge in [0, 0.05) is 11.3 Å². The first kappa shape index (κ1) is 12.7. The minimum absolute atomic E-state index is 0.177. The molecule has 4 heteroatoms. The first-order valence-electron chi connectivity index (χ1n) is 6.42. The van der Waals surface area contributed by atoms with Crippen LogP contribution in [0.1, 0.15) is 5.56 Å². The second-order valence-corrected chi connectivity index (χ2v) is 4.78. The van der Waals surface area contributed by atoms with E-state index < -0.39 is 18.4 Å². The molecule has 1 aliphatic heterocycles. The summed E-state index contributed by atoms with van der Waals surface area (Å²) in [6.07, 6.45) is -0.516. The molecule has 1 atom stereocenters. The Morgan fingerprint density at radius 1 is 1.05 bits per heavy atom. The molecule has 3 rings (SSSR count). The van der Waals surface area contributed by atoms with Crippen LogP contribution in [0, 0.1) is 0 Å². The van der Waals surface area contributed by atoms with E-state index in [1.807, 2.05) is 36.4 Å². The van der Waals surface area contributed by atoms with Crippen LogP contribution in [0.15, 0.2) is 60.7 Å². The monoisotopic (exact) mass is 271 g/mol. The van der Waals surface area contributed by atoms with Crippen molar-refractivity contribution in [1.29, 1.82) is 0 Å². The van der Waals surface area contributed by atoms with Gasteiger partial charge < -0.3 is 4.74 Å². The zero-order chi connectivity index (χ0) is 14.0. The van der Waals surface area contributed by atoms with Crippen molar-refractivity contribution in [3.63, 3.8) is 0 Å². The molecule has 3 nitrogen and oxygen atoms in total. The second kappa shape index (κ2) is 4.96. The van der Waals surface area contributed by atoms with Gasteiger partial charge in [-0.1, -0.05) is 48.5 Å². The average molecular weight is 271 g/mol. The van der Waals surface area contributed by atoms with Gasteiger partial charge in [-0.3, -0.25) is 4.90 Å². The number of cyclic esters (lactones) is 1. The maximum atomic E-state index is 13.6. The molecule has 0 aromatic heterocycles. The van der Waals surface area contributed by atoms with Gasteiger partial charge in [-0.25, -0.2) is 9.18 Å². The zero-order valence-corrected chi connectivity index (χ0v) is 10.8. The lowest BCUT2D eigenvalue weighted by molar-refractivity contribution is 0.0323. The van der Waals surface area contributed by atoms with E-state index in [1.165, 1.54) is 4.90 Å². The molecule has 2 aromatic carbocycles. The normalized spacial score (nSPS) is 21.9. The van der Waals surface area contributed by atoms with Crippen LogP contribution in [0.2, 0.25) is 0 Å². The van der Waals surface area contributed by atoms with Crippen LogP contribution in [0.5, 0.6) is 0 Å². The van der Waals surface area contributed by atoms with E-state index >= 15 is 0 Å². The number of para-hydroxylation sites is 1. The van der Waals surface area contributed by atoms with Gasteiger partial charge in [-0.05, 0) is 12.1 Å². The van der Waals surface area contributed by atoms with Crippen LogP contribution < -0.4 is 4.90 Å². The Labute approximate surface area is 116 Å². The standard InChI is InChI=1S/C16H14FNO2/c17-11-16(13-7-3-1-4-8-13)12-18(15(19)20-16)14-9-5-2-6-10-14/h1-10H,11-12H2. The Morgan fingerprint density at radius 3 is 2.25 bits per heavy atom. The van der Waals surface area contributed by atoms with Crippen LogP contribution in [0.3, 0.4) is 0 Å². The molecule has 1 aliphatic rings. The highest BCUT2D eigenvalue weighted by Gasteiger charge is 2.47. The number of ether oxygens (including phenoxy) is 1. The number of carbonyl (C=O) groups excluding carboxylic acids is 1. The van der Waals surface area contributed by atoms with Crippen LogP contribution in [0.25, 0.3) is 0 Å². The molecule has 0 aliphatic carbocycles. The van der Waals surface area contributed by atoms with Crippen molar-refractivity contribution in [2.45, 2.75) is 5.60 Å². The SMILES string of the molecule is O=C1OC(CF)(c2ccccc2)CN1c1ccccc1. The van der Waals surface area contributed by atoms with E-state index in [0.29, 0.717) is 11.3 Å². The molecule has 0 N–H and O–H groups in total. The minimum Gasteiger partial charge on any atom is -0.433 e. The van der Waals surface area contributed by atoms with Crippen LogP contribution >= 0.6 is 0 Å². The molecule has 2 aromatic rings. The number of rotatable bonds is 3. The maximum Gasteiger partial charge on any atom is 0.415 e. The lowest BCUT2D eigenvalue weighted by Gasteiger charge is -2.23. The Bertz CT molecular complexity index is 602. The molecule has 1 fully saturated rings. The highest BCUT2D eigenvalue weighted by atomic mass is 19.1. The predicted octanol–water partition coefficient (Wildman–Crippen LogP) is 3.51. The Hall–Kier alpha value is -2.36. The van der Waals surface area contributed by atoms with Gasteiger partial charge in [-0.2, -0.15) is 0 Å². The number of nitrogens with zero attached hydrogens (tertiary/aromatic N) is 1. The van der Waals surface area contributed by atoms with Crippen molar-refractivity contribution in [2.75, 3.05) is 18.1 Å². The van der Waals surface area contributed by atoms with E-state index in [4.69, 9.17) is 4.74 Å². The van der Waals surface area contributed by atoms with E-state index in [9.17, 15) is 9.18 Å². The number of hydrogen-bond acceptors (Lipinski definition) is 2. The van der Waals surface area contributed by atoms with Gasteiger partial charge >= 0.3 is 6.09 Å². The average Bonchev–Trinajstić information content (AvgIpc) is 2.87. The third kappa shape index (κ3) is 2.03. The molecule has 0 spiro atoms. The van der Waals surface area contributed by atoms with Crippen molar-refractivity contribution in [3.05, 3.63) is 66.2 Å². The largest absolute Gasteiger partial charge is 0.433 e. The van der Waals surface area contributed by atoms with Gasteiger partial charge in [0.15, 0.2) is 5.60 Å². The third-order valence-electron chi connectivity index (χ3n) is 3.50. The molecule has 1 heterocycles. The van der Waals surface area contributed by atoms with E-state index in [-0.39, 0.29) is 6.54 Å². The van der Waals surface area contributed by atoms with Crippen molar-refractivity contribution in [1.82, 2.24) is 0 Å². The van der Waals surface area contributed by atoms with E-state index in [0.717, 1.165) is 0 Å². The molecule has 0 saturated carbocycles. The molecule has 1 amide bonds. The molecule has 0 bridgehead atoms. The summed E-state index contributed by atoms with van der Waals surface area (Å²) < 4.78 is 19.0. The number of benzene rings is 2. The summed E-state index contributed by atoms with van der Waals surface area (Å²) in [6, 6.07) is 18.2. The fourth-order valence-corrected chi connectivity index (χ4v) is 2.42. The fourth-order valence-electron chi connectivity index (χ4n) is 2.42. The summed E-state index contributed by atoms with van der Waals surface area (Å²) in [5, 5.41) is 0. The van der Waals surface area contributed by atoms with Gasteiger partial charge in [0.2, 0.25) is 0 Å². The first-order valence-corrected chi connectivity index (χ1v) is 6.42.